The zero-order chi connectivity index (χ0) is 13.1. The molecule has 0 bridgehead atoms. The summed E-state index contributed by atoms with van der Waals surface area (Å²) in [6, 6.07) is 4.53. The first-order valence-corrected chi connectivity index (χ1v) is 5.54. The minimum Gasteiger partial charge on any atom is -0.545 e. The van der Waals surface area contributed by atoms with Crippen LogP contribution in [-0.2, 0) is 6.54 Å². The second-order valence-corrected chi connectivity index (χ2v) is 4.11. The summed E-state index contributed by atoms with van der Waals surface area (Å²) in [6.07, 6.45) is 3.16. The molecule has 0 saturated heterocycles. The zero-order valence-corrected chi connectivity index (χ0v) is 10.3. The molecule has 0 fully saturated rings. The van der Waals surface area contributed by atoms with Gasteiger partial charge in [-0.15, -0.1) is 0 Å². The molecule has 2 aromatic rings. The summed E-state index contributed by atoms with van der Waals surface area (Å²) in [6.45, 7) is 0.372. The molecule has 2 rings (SSSR count). The van der Waals surface area contributed by atoms with Crippen molar-refractivity contribution in [2.45, 2.75) is 6.54 Å². The topological polar surface area (TPSA) is 67.2 Å². The smallest absolute Gasteiger partial charge is 0.123 e. The average Bonchev–Trinajstić information content (AvgIpc) is 2.74. The van der Waals surface area contributed by atoms with Crippen LogP contribution >= 0.6 is 11.6 Å². The van der Waals surface area contributed by atoms with Gasteiger partial charge in [-0.05, 0) is 23.8 Å². The average molecular weight is 266 g/mol. The van der Waals surface area contributed by atoms with Crippen LogP contribution in [0.3, 0.4) is 0 Å². The lowest BCUT2D eigenvalue weighted by Gasteiger charge is -2.11. The number of aromatic nitrogens is 2. The number of carboxylic acid groups (broad SMARTS) is 1. The van der Waals surface area contributed by atoms with Gasteiger partial charge in [0.15, 0.2) is 0 Å². The van der Waals surface area contributed by atoms with E-state index >= 15 is 0 Å². The number of carboxylic acids is 1. The number of hydrogen-bond acceptors (Lipinski definition) is 4. The van der Waals surface area contributed by atoms with E-state index < -0.39 is 5.97 Å². The van der Waals surface area contributed by atoms with E-state index in [0.29, 0.717) is 22.9 Å². The Hall–Kier alpha value is -2.01. The minimum atomic E-state index is -1.22. The van der Waals surface area contributed by atoms with Crippen LogP contribution in [0, 0.1) is 0 Å². The highest BCUT2D eigenvalue weighted by molar-refractivity contribution is 6.30. The summed E-state index contributed by atoms with van der Waals surface area (Å²) >= 11 is 5.76. The highest BCUT2D eigenvalue weighted by Crippen LogP contribution is 2.21. The van der Waals surface area contributed by atoms with Crippen molar-refractivity contribution < 1.29 is 14.6 Å². The van der Waals surface area contributed by atoms with E-state index in [1.165, 1.54) is 25.4 Å². The Labute approximate surface area is 109 Å². The Bertz CT molecular complexity index is 580. The maximum absolute atomic E-state index is 10.8. The monoisotopic (exact) mass is 265 g/mol. The van der Waals surface area contributed by atoms with Crippen molar-refractivity contribution in [3.63, 3.8) is 0 Å². The van der Waals surface area contributed by atoms with Crippen LogP contribution in [0.15, 0.2) is 30.6 Å². The molecule has 1 aromatic carbocycles. The predicted molar refractivity (Wildman–Crippen MR) is 63.7 cm³/mol. The first-order chi connectivity index (χ1) is 8.60. The molecule has 0 aliphatic carbocycles. The van der Waals surface area contributed by atoms with E-state index in [-0.39, 0.29) is 5.56 Å². The summed E-state index contributed by atoms with van der Waals surface area (Å²) in [7, 11) is 1.52. The molecule has 1 aromatic heterocycles. The first-order valence-electron chi connectivity index (χ1n) is 5.16. The lowest BCUT2D eigenvalue weighted by Crippen LogP contribution is -2.22. The fraction of sp³-hybridized carbons (Fsp3) is 0.167. The summed E-state index contributed by atoms with van der Waals surface area (Å²) in [5, 5.41) is 15.4. The van der Waals surface area contributed by atoms with E-state index in [1.807, 2.05) is 0 Å². The predicted octanol–water partition coefficient (Wildman–Crippen LogP) is 0.957. The zero-order valence-electron chi connectivity index (χ0n) is 9.59. The third kappa shape index (κ3) is 2.62. The number of benzene rings is 1. The molecule has 18 heavy (non-hydrogen) atoms. The second kappa shape index (κ2) is 5.10. The van der Waals surface area contributed by atoms with E-state index in [4.69, 9.17) is 16.3 Å². The van der Waals surface area contributed by atoms with Gasteiger partial charge in [0, 0.05) is 11.8 Å². The van der Waals surface area contributed by atoms with Crippen LogP contribution in [0.2, 0.25) is 5.02 Å². The third-order valence-corrected chi connectivity index (χ3v) is 2.65. The highest BCUT2D eigenvalue weighted by Gasteiger charge is 2.07. The van der Waals surface area contributed by atoms with Crippen molar-refractivity contribution >= 4 is 17.6 Å². The fourth-order valence-electron chi connectivity index (χ4n) is 1.63. The van der Waals surface area contributed by atoms with Gasteiger partial charge in [0.1, 0.15) is 5.75 Å². The molecule has 0 N–H and O–H groups in total. The van der Waals surface area contributed by atoms with Gasteiger partial charge in [0.05, 0.1) is 30.8 Å². The summed E-state index contributed by atoms with van der Waals surface area (Å²) in [4.78, 5) is 10.8. The molecule has 0 saturated carbocycles. The van der Waals surface area contributed by atoms with Crippen LogP contribution in [0.1, 0.15) is 15.9 Å². The summed E-state index contributed by atoms with van der Waals surface area (Å²) in [5.74, 6) is -0.635. The minimum absolute atomic E-state index is 0.101. The van der Waals surface area contributed by atoms with Crippen LogP contribution < -0.4 is 9.84 Å². The number of ether oxygens (including phenoxy) is 1. The van der Waals surface area contributed by atoms with Gasteiger partial charge in [-0.1, -0.05) is 11.6 Å². The molecule has 0 amide bonds. The van der Waals surface area contributed by atoms with Crippen molar-refractivity contribution in [3.05, 3.63) is 46.7 Å². The molecule has 6 heteroatoms. The summed E-state index contributed by atoms with van der Waals surface area (Å²) < 4.78 is 6.77. The van der Waals surface area contributed by atoms with Gasteiger partial charge in [0.2, 0.25) is 0 Å². The molecular weight excluding hydrogens is 256 g/mol. The number of hydrogen-bond donors (Lipinski definition) is 0. The van der Waals surface area contributed by atoms with Crippen molar-refractivity contribution in [1.29, 1.82) is 0 Å². The maximum atomic E-state index is 10.8. The fourth-order valence-corrected chi connectivity index (χ4v) is 1.78. The molecule has 0 unspecified atom stereocenters. The van der Waals surface area contributed by atoms with Crippen LogP contribution in [0.5, 0.6) is 5.75 Å². The normalized spacial score (nSPS) is 10.3. The molecule has 0 spiro atoms. The standard InChI is InChI=1S/C12H11ClN2O3/c1-18-11-3-2-8(12(16)17)4-9(11)6-15-7-10(13)5-14-15/h2-5,7H,6H2,1H3,(H,16,17)/p-1. The van der Waals surface area contributed by atoms with E-state index in [9.17, 15) is 9.90 Å². The van der Waals surface area contributed by atoms with Crippen molar-refractivity contribution in [2.24, 2.45) is 0 Å². The van der Waals surface area contributed by atoms with Gasteiger partial charge >= 0.3 is 0 Å². The molecule has 5 nitrogen and oxygen atoms in total. The SMILES string of the molecule is COc1ccc(C(=O)[O-])cc1Cn1cc(Cl)cn1. The quantitative estimate of drug-likeness (QED) is 0.826. The molecular formula is C12H10ClN2O3-. The van der Waals surface area contributed by atoms with Crippen LogP contribution in [0.25, 0.3) is 0 Å². The number of methoxy groups -OCH3 is 1. The lowest BCUT2D eigenvalue weighted by molar-refractivity contribution is -0.255. The molecule has 0 aliphatic heterocycles. The van der Waals surface area contributed by atoms with Crippen LogP contribution in [-0.4, -0.2) is 22.9 Å². The number of carbonyl (C=O) groups is 1. The van der Waals surface area contributed by atoms with Crippen molar-refractivity contribution in [1.82, 2.24) is 9.78 Å². The Morgan fingerprint density at radius 2 is 2.33 bits per heavy atom. The molecule has 0 aliphatic rings. The number of rotatable bonds is 4. The van der Waals surface area contributed by atoms with Crippen molar-refractivity contribution in [3.8, 4) is 5.75 Å². The Morgan fingerprint density at radius 1 is 1.56 bits per heavy atom. The largest absolute Gasteiger partial charge is 0.545 e. The number of nitrogens with zero attached hydrogens (tertiary/aromatic N) is 2. The summed E-state index contributed by atoms with van der Waals surface area (Å²) in [5.41, 5.74) is 0.794. The number of halogens is 1. The van der Waals surface area contributed by atoms with Gasteiger partial charge in [-0.2, -0.15) is 5.10 Å². The lowest BCUT2D eigenvalue weighted by atomic mass is 10.1. The third-order valence-electron chi connectivity index (χ3n) is 2.45. The Balaban J connectivity index is 2.35. The maximum Gasteiger partial charge on any atom is 0.123 e. The Morgan fingerprint density at radius 3 is 2.89 bits per heavy atom. The number of carbonyl (C=O) groups excluding carboxylic acids is 1. The van der Waals surface area contributed by atoms with Gasteiger partial charge in [0.25, 0.3) is 0 Å². The molecule has 94 valence electrons. The van der Waals surface area contributed by atoms with Gasteiger partial charge in [-0.25, -0.2) is 0 Å². The van der Waals surface area contributed by atoms with E-state index in [0.717, 1.165) is 0 Å². The van der Waals surface area contributed by atoms with E-state index in [2.05, 4.69) is 5.10 Å². The highest BCUT2D eigenvalue weighted by atomic mass is 35.5. The second-order valence-electron chi connectivity index (χ2n) is 3.67. The van der Waals surface area contributed by atoms with Gasteiger partial charge < -0.3 is 14.6 Å². The Kier molecular flexibility index (Phi) is 3.53. The van der Waals surface area contributed by atoms with Crippen molar-refractivity contribution in [2.75, 3.05) is 7.11 Å². The molecule has 0 atom stereocenters. The molecule has 0 radical (unpaired) electrons. The van der Waals surface area contributed by atoms with E-state index in [1.54, 1.807) is 16.9 Å². The molecule has 1 heterocycles. The van der Waals surface area contributed by atoms with Crippen LogP contribution in [0.4, 0.5) is 0 Å². The first kappa shape index (κ1) is 12.4. The van der Waals surface area contributed by atoms with Gasteiger partial charge in [-0.3, -0.25) is 4.68 Å². The number of aromatic carboxylic acids is 1.